The Balaban J connectivity index is 1.42. The maximum absolute atomic E-state index is 12.2. The second-order valence-corrected chi connectivity index (χ2v) is 7.94. The molecule has 3 fully saturated rings. The first-order valence-electron chi connectivity index (χ1n) is 7.64. The van der Waals surface area contributed by atoms with Crippen molar-refractivity contribution in [2.24, 2.45) is 23.7 Å². The Labute approximate surface area is 118 Å². The number of halogens is 1. The molecule has 1 amide bonds. The van der Waals surface area contributed by atoms with Crippen LogP contribution in [0.15, 0.2) is 0 Å². The van der Waals surface area contributed by atoms with E-state index in [0.717, 1.165) is 23.2 Å². The molecule has 2 bridgehead atoms. The van der Waals surface area contributed by atoms with Gasteiger partial charge in [-0.3, -0.25) is 4.79 Å². The van der Waals surface area contributed by atoms with Gasteiger partial charge in [-0.15, -0.1) is 0 Å². The Bertz CT molecular complexity index is 312. The fraction of sp³-hybridized carbons (Fsp3) is 0.933. The number of carbonyl (C=O) groups excluding carboxylic acids is 1. The SMILES string of the molecule is O=C(NCC1CCC(Br)CC1)C1CC2CCC1C2. The molecule has 0 radical (unpaired) electrons. The van der Waals surface area contributed by atoms with E-state index in [0.29, 0.717) is 17.7 Å². The Morgan fingerprint density at radius 2 is 1.83 bits per heavy atom. The summed E-state index contributed by atoms with van der Waals surface area (Å²) in [5.41, 5.74) is 0. The summed E-state index contributed by atoms with van der Waals surface area (Å²) in [5.74, 6) is 3.03. The highest BCUT2D eigenvalue weighted by Crippen LogP contribution is 2.48. The predicted molar refractivity (Wildman–Crippen MR) is 76.6 cm³/mol. The van der Waals surface area contributed by atoms with Crippen LogP contribution in [0.25, 0.3) is 0 Å². The van der Waals surface area contributed by atoms with Crippen LogP contribution >= 0.6 is 15.9 Å². The maximum Gasteiger partial charge on any atom is 0.223 e. The molecular weight excluding hydrogens is 290 g/mol. The van der Waals surface area contributed by atoms with Gasteiger partial charge < -0.3 is 5.32 Å². The van der Waals surface area contributed by atoms with Gasteiger partial charge in [0.15, 0.2) is 0 Å². The Morgan fingerprint density at radius 1 is 1.06 bits per heavy atom. The van der Waals surface area contributed by atoms with E-state index < -0.39 is 0 Å². The lowest BCUT2D eigenvalue weighted by Gasteiger charge is -2.27. The fourth-order valence-corrected chi connectivity index (χ4v) is 4.80. The number of hydrogen-bond acceptors (Lipinski definition) is 1. The standard InChI is InChI=1S/C15H24BrNO/c16-13-5-2-10(3-6-13)9-17-15(18)14-8-11-1-4-12(14)7-11/h10-14H,1-9H2,(H,17,18). The molecule has 2 nitrogen and oxygen atoms in total. The van der Waals surface area contributed by atoms with Crippen molar-refractivity contribution in [2.45, 2.75) is 56.2 Å². The molecule has 0 aromatic carbocycles. The van der Waals surface area contributed by atoms with Crippen LogP contribution in [0.3, 0.4) is 0 Å². The van der Waals surface area contributed by atoms with Crippen LogP contribution in [0.1, 0.15) is 51.4 Å². The molecule has 3 atom stereocenters. The third-order valence-electron chi connectivity index (χ3n) is 5.42. The first-order valence-corrected chi connectivity index (χ1v) is 8.55. The van der Waals surface area contributed by atoms with Gasteiger partial charge in [0.1, 0.15) is 0 Å². The number of amides is 1. The molecule has 3 aliphatic carbocycles. The second kappa shape index (κ2) is 5.52. The number of fused-ring (bicyclic) bond motifs is 2. The molecule has 102 valence electrons. The van der Waals surface area contributed by atoms with E-state index in [-0.39, 0.29) is 0 Å². The lowest BCUT2D eigenvalue weighted by atomic mass is 9.87. The zero-order valence-electron chi connectivity index (χ0n) is 11.0. The van der Waals surface area contributed by atoms with Crippen LogP contribution in [-0.4, -0.2) is 17.3 Å². The van der Waals surface area contributed by atoms with Crippen LogP contribution in [-0.2, 0) is 4.79 Å². The summed E-state index contributed by atoms with van der Waals surface area (Å²) < 4.78 is 0. The van der Waals surface area contributed by atoms with Gasteiger partial charge >= 0.3 is 0 Å². The van der Waals surface area contributed by atoms with Crippen molar-refractivity contribution < 1.29 is 4.79 Å². The average molecular weight is 314 g/mol. The molecule has 3 rings (SSSR count). The molecular formula is C15H24BrNO. The zero-order chi connectivity index (χ0) is 12.5. The summed E-state index contributed by atoms with van der Waals surface area (Å²) in [6.45, 7) is 0.923. The van der Waals surface area contributed by atoms with E-state index in [2.05, 4.69) is 21.2 Å². The second-order valence-electron chi connectivity index (χ2n) is 6.64. The van der Waals surface area contributed by atoms with Crippen LogP contribution < -0.4 is 5.32 Å². The lowest BCUT2D eigenvalue weighted by Crippen LogP contribution is -2.37. The summed E-state index contributed by atoms with van der Waals surface area (Å²) in [4.78, 5) is 12.9. The third kappa shape index (κ3) is 2.76. The van der Waals surface area contributed by atoms with Crippen LogP contribution in [0, 0.1) is 23.7 Å². The van der Waals surface area contributed by atoms with Crippen molar-refractivity contribution >= 4 is 21.8 Å². The third-order valence-corrected chi connectivity index (χ3v) is 6.33. The Hall–Kier alpha value is -0.0500. The van der Waals surface area contributed by atoms with Crippen molar-refractivity contribution in [3.05, 3.63) is 0 Å². The summed E-state index contributed by atoms with van der Waals surface area (Å²) in [7, 11) is 0. The Kier molecular flexibility index (Phi) is 3.97. The normalized spacial score (nSPS) is 43.1. The maximum atomic E-state index is 12.2. The monoisotopic (exact) mass is 313 g/mol. The minimum atomic E-state index is 0.358. The van der Waals surface area contributed by atoms with Gasteiger partial charge in [0.25, 0.3) is 0 Å². The molecule has 0 aliphatic heterocycles. The molecule has 3 unspecified atom stereocenters. The minimum Gasteiger partial charge on any atom is -0.356 e. The van der Waals surface area contributed by atoms with Gasteiger partial charge in [0.2, 0.25) is 5.91 Å². The van der Waals surface area contributed by atoms with E-state index in [9.17, 15) is 4.79 Å². The number of nitrogens with one attached hydrogen (secondary N) is 1. The predicted octanol–water partition coefficient (Wildman–Crippen LogP) is 3.49. The smallest absolute Gasteiger partial charge is 0.223 e. The van der Waals surface area contributed by atoms with Gasteiger partial charge in [0.05, 0.1) is 0 Å². The van der Waals surface area contributed by atoms with Crippen molar-refractivity contribution in [1.29, 1.82) is 0 Å². The molecule has 3 saturated carbocycles. The van der Waals surface area contributed by atoms with Crippen molar-refractivity contribution in [2.75, 3.05) is 6.54 Å². The largest absolute Gasteiger partial charge is 0.356 e. The summed E-state index contributed by atoms with van der Waals surface area (Å²) >= 11 is 3.68. The highest BCUT2D eigenvalue weighted by molar-refractivity contribution is 9.09. The molecule has 3 aliphatic rings. The van der Waals surface area contributed by atoms with Crippen molar-refractivity contribution in [1.82, 2.24) is 5.32 Å². The topological polar surface area (TPSA) is 29.1 Å². The first kappa shape index (κ1) is 13.0. The highest BCUT2D eigenvalue weighted by Gasteiger charge is 2.42. The van der Waals surface area contributed by atoms with Crippen LogP contribution in [0.4, 0.5) is 0 Å². The highest BCUT2D eigenvalue weighted by atomic mass is 79.9. The first-order chi connectivity index (χ1) is 8.72. The molecule has 0 heterocycles. The number of carbonyl (C=O) groups is 1. The quantitative estimate of drug-likeness (QED) is 0.794. The molecule has 1 N–H and O–H groups in total. The molecule has 0 aromatic heterocycles. The van der Waals surface area contributed by atoms with Gasteiger partial charge in [-0.2, -0.15) is 0 Å². The van der Waals surface area contributed by atoms with Gasteiger partial charge in [0, 0.05) is 17.3 Å². The zero-order valence-corrected chi connectivity index (χ0v) is 12.6. The molecule has 3 heteroatoms. The van der Waals surface area contributed by atoms with E-state index >= 15 is 0 Å². The van der Waals surface area contributed by atoms with Gasteiger partial charge in [-0.1, -0.05) is 22.4 Å². The molecule has 18 heavy (non-hydrogen) atoms. The number of hydrogen-bond donors (Lipinski definition) is 1. The van der Waals surface area contributed by atoms with E-state index in [1.54, 1.807) is 0 Å². The van der Waals surface area contributed by atoms with Crippen LogP contribution in [0.5, 0.6) is 0 Å². The molecule has 0 spiro atoms. The Morgan fingerprint density at radius 3 is 2.44 bits per heavy atom. The average Bonchev–Trinajstić information content (AvgIpc) is 3.00. The van der Waals surface area contributed by atoms with Gasteiger partial charge in [-0.05, 0) is 62.7 Å². The van der Waals surface area contributed by atoms with E-state index in [1.165, 1.54) is 51.4 Å². The van der Waals surface area contributed by atoms with E-state index in [4.69, 9.17) is 0 Å². The fourth-order valence-electron chi connectivity index (χ4n) is 4.27. The molecule has 0 aromatic rings. The minimum absolute atomic E-state index is 0.358. The van der Waals surface area contributed by atoms with E-state index in [1.807, 2.05) is 0 Å². The lowest BCUT2D eigenvalue weighted by molar-refractivity contribution is -0.126. The summed E-state index contributed by atoms with van der Waals surface area (Å²) in [6.07, 6.45) is 10.3. The van der Waals surface area contributed by atoms with Crippen molar-refractivity contribution in [3.63, 3.8) is 0 Å². The van der Waals surface area contributed by atoms with Crippen LogP contribution in [0.2, 0.25) is 0 Å². The number of alkyl halides is 1. The van der Waals surface area contributed by atoms with Crippen molar-refractivity contribution in [3.8, 4) is 0 Å². The summed E-state index contributed by atoms with van der Waals surface area (Å²) in [5, 5.41) is 3.24. The number of rotatable bonds is 3. The van der Waals surface area contributed by atoms with Gasteiger partial charge in [-0.25, -0.2) is 0 Å². The summed E-state index contributed by atoms with van der Waals surface area (Å²) in [6, 6.07) is 0. The molecule has 0 saturated heterocycles.